The predicted octanol–water partition coefficient (Wildman–Crippen LogP) is 6.82. The van der Waals surface area contributed by atoms with Crippen molar-refractivity contribution in [3.63, 3.8) is 0 Å². The second-order valence-corrected chi connectivity index (χ2v) is 11.4. The summed E-state index contributed by atoms with van der Waals surface area (Å²) in [5, 5.41) is 12.3. The van der Waals surface area contributed by atoms with Crippen LogP contribution in [-0.2, 0) is 18.3 Å². The average Bonchev–Trinajstić information content (AvgIpc) is 3.46. The van der Waals surface area contributed by atoms with Gasteiger partial charge in [0.2, 0.25) is 0 Å². The van der Waals surface area contributed by atoms with Crippen molar-refractivity contribution in [2.45, 2.75) is 19.8 Å². The molecule has 192 valence electrons. The molecule has 0 bridgehead atoms. The number of hydrogen-bond acceptors (Lipinski definition) is 5. The minimum absolute atomic E-state index is 0.0574. The molecule has 1 aliphatic heterocycles. The largest absolute Gasteiger partial charge is 0.481 e. The molecule has 0 atom stereocenters. The topological polar surface area (TPSA) is 71.2 Å². The molecule has 0 aliphatic carbocycles. The quantitative estimate of drug-likeness (QED) is 0.264. The number of fused-ring (bicyclic) bond motifs is 2. The van der Waals surface area contributed by atoms with E-state index in [2.05, 4.69) is 34.9 Å². The summed E-state index contributed by atoms with van der Waals surface area (Å²) in [5.74, 6) is -0.859. The fourth-order valence-electron chi connectivity index (χ4n) is 5.31. The average molecular weight is 543 g/mol. The summed E-state index contributed by atoms with van der Waals surface area (Å²) in [5.41, 5.74) is 8.91. The van der Waals surface area contributed by atoms with E-state index in [9.17, 15) is 9.90 Å². The zero-order valence-electron chi connectivity index (χ0n) is 21.5. The smallest absolute Gasteiger partial charge is 0.307 e. The Kier molecular flexibility index (Phi) is 6.30. The lowest BCUT2D eigenvalue weighted by atomic mass is 9.93. The summed E-state index contributed by atoms with van der Waals surface area (Å²) in [7, 11) is 4.18. The van der Waals surface area contributed by atoms with Gasteiger partial charge in [0.05, 0.1) is 16.6 Å². The van der Waals surface area contributed by atoms with E-state index in [1.54, 1.807) is 11.3 Å². The second-order valence-electron chi connectivity index (χ2n) is 9.98. The van der Waals surface area contributed by atoms with Crippen molar-refractivity contribution in [2.24, 2.45) is 7.05 Å². The van der Waals surface area contributed by atoms with Crippen LogP contribution >= 0.6 is 22.9 Å². The number of carboxylic acid groups (broad SMARTS) is 1. The number of pyridine rings is 1. The minimum Gasteiger partial charge on any atom is -0.481 e. The van der Waals surface area contributed by atoms with Gasteiger partial charge in [0.1, 0.15) is 10.7 Å². The molecule has 3 aromatic heterocycles. The zero-order chi connectivity index (χ0) is 26.6. The normalized spacial score (nSPS) is 14.4. The molecular formula is C30H27ClN4O2S. The number of carboxylic acids is 1. The molecule has 2 aromatic carbocycles. The highest BCUT2D eigenvalue weighted by Gasteiger charge is 2.21. The number of thiazole rings is 1. The van der Waals surface area contributed by atoms with Gasteiger partial charge in [-0.2, -0.15) is 0 Å². The molecule has 0 saturated carbocycles. The van der Waals surface area contributed by atoms with Gasteiger partial charge in [-0.05, 0) is 66.9 Å². The van der Waals surface area contributed by atoms with Crippen molar-refractivity contribution in [3.8, 4) is 21.7 Å². The van der Waals surface area contributed by atoms with Crippen LogP contribution in [0.1, 0.15) is 23.1 Å². The van der Waals surface area contributed by atoms with E-state index >= 15 is 0 Å². The van der Waals surface area contributed by atoms with Crippen molar-refractivity contribution in [3.05, 3.63) is 76.6 Å². The maximum absolute atomic E-state index is 11.8. The molecule has 1 aliphatic rings. The van der Waals surface area contributed by atoms with Crippen molar-refractivity contribution in [1.82, 2.24) is 19.4 Å². The maximum Gasteiger partial charge on any atom is 0.307 e. The molecule has 0 spiro atoms. The molecular weight excluding hydrogens is 516 g/mol. The van der Waals surface area contributed by atoms with Gasteiger partial charge in [-0.25, -0.2) is 9.97 Å². The Hall–Kier alpha value is -3.52. The van der Waals surface area contributed by atoms with Gasteiger partial charge in [0, 0.05) is 59.6 Å². The SMILES string of the molecule is Cc1cc2nc(-c3cnc4c(c3)c(C3=CCN(C)CC3)cn4C)sc2c(-c2ccc(Cl)cc2)c1CC(=O)O. The summed E-state index contributed by atoms with van der Waals surface area (Å²) in [6.07, 6.45) is 7.33. The van der Waals surface area contributed by atoms with Crippen LogP contribution in [-0.4, -0.2) is 50.6 Å². The summed E-state index contributed by atoms with van der Waals surface area (Å²) in [4.78, 5) is 23.9. The minimum atomic E-state index is -0.859. The number of rotatable bonds is 5. The van der Waals surface area contributed by atoms with Crippen LogP contribution in [0, 0.1) is 6.92 Å². The predicted molar refractivity (Wildman–Crippen MR) is 156 cm³/mol. The number of aryl methyl sites for hydroxylation is 2. The van der Waals surface area contributed by atoms with Crippen LogP contribution in [0.3, 0.4) is 0 Å². The summed E-state index contributed by atoms with van der Waals surface area (Å²) < 4.78 is 3.06. The van der Waals surface area contributed by atoms with Gasteiger partial charge < -0.3 is 14.6 Å². The fourth-order valence-corrected chi connectivity index (χ4v) is 6.55. The number of aromatic nitrogens is 3. The Morgan fingerprint density at radius 2 is 1.95 bits per heavy atom. The molecule has 6 rings (SSSR count). The Bertz CT molecular complexity index is 1750. The first-order valence-electron chi connectivity index (χ1n) is 12.5. The highest BCUT2D eigenvalue weighted by Crippen LogP contribution is 2.42. The summed E-state index contributed by atoms with van der Waals surface area (Å²) in [6.45, 7) is 3.94. The molecule has 5 aromatic rings. The number of nitrogens with zero attached hydrogens (tertiary/aromatic N) is 4. The van der Waals surface area contributed by atoms with Crippen molar-refractivity contribution >= 4 is 55.7 Å². The summed E-state index contributed by atoms with van der Waals surface area (Å²) >= 11 is 7.74. The third kappa shape index (κ3) is 4.41. The van der Waals surface area contributed by atoms with Crippen LogP contribution in [0.2, 0.25) is 5.02 Å². The van der Waals surface area contributed by atoms with Crippen molar-refractivity contribution in [2.75, 3.05) is 20.1 Å². The number of hydrogen-bond donors (Lipinski definition) is 1. The molecule has 1 N–H and O–H groups in total. The van der Waals surface area contributed by atoms with Gasteiger partial charge >= 0.3 is 5.97 Å². The van der Waals surface area contributed by atoms with Crippen molar-refractivity contribution < 1.29 is 9.90 Å². The number of aliphatic carboxylic acids is 1. The summed E-state index contributed by atoms with van der Waals surface area (Å²) in [6, 6.07) is 11.8. The van der Waals surface area contributed by atoms with E-state index in [0.29, 0.717) is 5.02 Å². The van der Waals surface area contributed by atoms with Crippen molar-refractivity contribution in [1.29, 1.82) is 0 Å². The molecule has 0 unspecified atom stereocenters. The number of likely N-dealkylation sites (N-methyl/N-ethyl adjacent to an activating group) is 1. The van der Waals surface area contributed by atoms with Crippen LogP contribution in [0.5, 0.6) is 0 Å². The fraction of sp³-hybridized carbons (Fsp3) is 0.233. The first-order chi connectivity index (χ1) is 18.3. The Morgan fingerprint density at radius 1 is 1.16 bits per heavy atom. The van der Waals surface area contributed by atoms with Gasteiger partial charge in [-0.3, -0.25) is 4.79 Å². The van der Waals surface area contributed by atoms with Gasteiger partial charge in [-0.1, -0.05) is 29.8 Å². The second kappa shape index (κ2) is 9.66. The number of benzene rings is 2. The Balaban J connectivity index is 1.53. The van der Waals surface area contributed by atoms with Crippen LogP contribution in [0.25, 0.3) is 48.5 Å². The van der Waals surface area contributed by atoms with E-state index < -0.39 is 5.97 Å². The van der Waals surface area contributed by atoms with Gasteiger partial charge in [0.25, 0.3) is 0 Å². The lowest BCUT2D eigenvalue weighted by Crippen LogP contribution is -2.23. The van der Waals surface area contributed by atoms with Gasteiger partial charge in [0.15, 0.2) is 0 Å². The highest BCUT2D eigenvalue weighted by molar-refractivity contribution is 7.22. The van der Waals surface area contributed by atoms with Crippen LogP contribution in [0.4, 0.5) is 0 Å². The maximum atomic E-state index is 11.8. The molecule has 0 radical (unpaired) electrons. The third-order valence-electron chi connectivity index (χ3n) is 7.29. The number of carbonyl (C=O) groups is 1. The van der Waals surface area contributed by atoms with Crippen LogP contribution < -0.4 is 0 Å². The first kappa shape index (κ1) is 24.8. The zero-order valence-corrected chi connectivity index (χ0v) is 23.0. The van der Waals surface area contributed by atoms with E-state index in [4.69, 9.17) is 21.6 Å². The lowest BCUT2D eigenvalue weighted by Gasteiger charge is -2.21. The Morgan fingerprint density at radius 3 is 2.66 bits per heavy atom. The molecule has 4 heterocycles. The highest BCUT2D eigenvalue weighted by atomic mass is 35.5. The first-order valence-corrected chi connectivity index (χ1v) is 13.7. The van der Waals surface area contributed by atoms with E-state index in [1.807, 2.05) is 50.5 Å². The molecule has 0 fully saturated rings. The third-order valence-corrected chi connectivity index (χ3v) is 8.68. The van der Waals surface area contributed by atoms with E-state index in [0.717, 1.165) is 73.6 Å². The molecule has 0 saturated heterocycles. The molecule has 38 heavy (non-hydrogen) atoms. The van der Waals surface area contributed by atoms with E-state index in [1.165, 1.54) is 11.1 Å². The van der Waals surface area contributed by atoms with Gasteiger partial charge in [-0.15, -0.1) is 11.3 Å². The lowest BCUT2D eigenvalue weighted by molar-refractivity contribution is -0.136. The molecule has 8 heteroatoms. The van der Waals surface area contributed by atoms with Crippen LogP contribution in [0.15, 0.2) is 54.9 Å². The Labute approximate surface area is 229 Å². The van der Waals surface area contributed by atoms with E-state index in [-0.39, 0.29) is 6.42 Å². The standard InChI is InChI=1S/C30H27ClN4O2S/c1-17-12-25-28(27(22(17)14-26(36)37)19-4-6-21(31)7-5-19)38-30(33-25)20-13-23-24(16-35(3)29(23)32-15-20)18-8-10-34(2)11-9-18/h4-8,12-13,15-16H,9-11,14H2,1-3H3,(H,36,37). The monoisotopic (exact) mass is 542 g/mol. The molecule has 0 amide bonds. The number of halogens is 1. The molecule has 6 nitrogen and oxygen atoms in total.